The molecule has 0 aliphatic carbocycles. The third kappa shape index (κ3) is 4.83. The molecule has 2 saturated heterocycles. The summed E-state index contributed by atoms with van der Waals surface area (Å²) in [5, 5.41) is 2.96. The Kier molecular flexibility index (Phi) is 6.85. The largest absolute Gasteiger partial charge is 0.494 e. The quantitative estimate of drug-likeness (QED) is 0.674. The number of carbonyl (C=O) groups is 3. The van der Waals surface area contributed by atoms with Crippen LogP contribution in [0.3, 0.4) is 0 Å². The summed E-state index contributed by atoms with van der Waals surface area (Å²) in [5.41, 5.74) is 1.36. The number of anilines is 2. The lowest BCUT2D eigenvalue weighted by Crippen LogP contribution is -2.47. The highest BCUT2D eigenvalue weighted by Gasteiger charge is 2.43. The summed E-state index contributed by atoms with van der Waals surface area (Å²) in [6, 6.07) is 16.0. The van der Waals surface area contributed by atoms with Crippen LogP contribution in [0.15, 0.2) is 54.6 Å². The second kappa shape index (κ2) is 9.96. The van der Waals surface area contributed by atoms with E-state index in [-0.39, 0.29) is 30.1 Å². The van der Waals surface area contributed by atoms with Gasteiger partial charge in [-0.25, -0.2) is 4.90 Å². The van der Waals surface area contributed by atoms with E-state index >= 15 is 0 Å². The zero-order valence-electron chi connectivity index (χ0n) is 18.3. The smallest absolute Gasteiger partial charge is 0.251 e. The van der Waals surface area contributed by atoms with Crippen LogP contribution in [0.4, 0.5) is 11.4 Å². The minimum atomic E-state index is -0.461. The molecule has 1 unspecified atom stereocenters. The van der Waals surface area contributed by atoms with Crippen LogP contribution in [0.2, 0.25) is 0 Å². The molecule has 0 bridgehead atoms. The van der Waals surface area contributed by atoms with Crippen LogP contribution in [0.1, 0.15) is 32.6 Å². The zero-order chi connectivity index (χ0) is 22.5. The number of likely N-dealkylation sites (tertiary alicyclic amines) is 1. The summed E-state index contributed by atoms with van der Waals surface area (Å²) < 4.78 is 5.58. The molecule has 2 aromatic rings. The van der Waals surface area contributed by atoms with Crippen LogP contribution < -0.4 is 15.0 Å². The second-order valence-corrected chi connectivity index (χ2v) is 8.30. The van der Waals surface area contributed by atoms with Gasteiger partial charge in [0.15, 0.2) is 0 Å². The van der Waals surface area contributed by atoms with Gasteiger partial charge in [0.1, 0.15) is 5.75 Å². The number of hydrogen-bond acceptors (Lipinski definition) is 5. The monoisotopic (exact) mass is 435 g/mol. The fourth-order valence-corrected chi connectivity index (χ4v) is 4.32. The van der Waals surface area contributed by atoms with E-state index in [0.29, 0.717) is 38.2 Å². The van der Waals surface area contributed by atoms with Crippen molar-refractivity contribution in [3.05, 3.63) is 54.6 Å². The molecule has 0 aromatic heterocycles. The average molecular weight is 436 g/mol. The normalized spacial score (nSPS) is 19.9. The highest BCUT2D eigenvalue weighted by Crippen LogP contribution is 2.30. The van der Waals surface area contributed by atoms with E-state index in [1.165, 1.54) is 4.90 Å². The Hall–Kier alpha value is -3.19. The van der Waals surface area contributed by atoms with Crippen molar-refractivity contribution in [2.45, 2.75) is 38.6 Å². The Labute approximate surface area is 188 Å². The van der Waals surface area contributed by atoms with Gasteiger partial charge in [-0.3, -0.25) is 19.3 Å². The zero-order valence-corrected chi connectivity index (χ0v) is 18.3. The van der Waals surface area contributed by atoms with Gasteiger partial charge in [0.2, 0.25) is 11.8 Å². The highest BCUT2D eigenvalue weighted by molar-refractivity contribution is 6.22. The average Bonchev–Trinajstić information content (AvgIpc) is 3.12. The number of carbonyl (C=O) groups excluding carboxylic acids is 3. The first kappa shape index (κ1) is 22.0. The molecule has 4 rings (SSSR count). The Balaban J connectivity index is 1.34. The van der Waals surface area contributed by atoms with Gasteiger partial charge in [-0.2, -0.15) is 0 Å². The fourth-order valence-electron chi connectivity index (χ4n) is 4.32. The maximum atomic E-state index is 13.1. The van der Waals surface area contributed by atoms with Gasteiger partial charge >= 0.3 is 0 Å². The van der Waals surface area contributed by atoms with Gasteiger partial charge in [-0.1, -0.05) is 25.1 Å². The number of rotatable bonds is 7. The Morgan fingerprint density at radius 3 is 2.38 bits per heavy atom. The predicted octanol–water partition coefficient (Wildman–Crippen LogP) is 3.46. The molecule has 0 radical (unpaired) electrons. The number of benzene rings is 2. The molecule has 32 heavy (non-hydrogen) atoms. The first-order chi connectivity index (χ1) is 15.6. The van der Waals surface area contributed by atoms with Crippen LogP contribution in [0.25, 0.3) is 0 Å². The predicted molar refractivity (Wildman–Crippen MR) is 122 cm³/mol. The van der Waals surface area contributed by atoms with Crippen molar-refractivity contribution in [3.63, 3.8) is 0 Å². The minimum Gasteiger partial charge on any atom is -0.494 e. The Bertz CT molecular complexity index is 953. The Morgan fingerprint density at radius 2 is 1.72 bits per heavy atom. The molecule has 7 nitrogen and oxygen atoms in total. The van der Waals surface area contributed by atoms with Crippen molar-refractivity contribution < 1.29 is 19.1 Å². The van der Waals surface area contributed by atoms with Gasteiger partial charge in [0, 0.05) is 11.6 Å². The molecule has 2 aliphatic rings. The SMILES string of the molecule is CCCOc1ccc(N2C(=O)CC(N3CCC(C(=O)Nc4ccccc4)CC3)C2=O)cc1. The number of hydrogen-bond donors (Lipinski definition) is 1. The van der Waals surface area contributed by atoms with Crippen molar-refractivity contribution in [2.24, 2.45) is 5.92 Å². The molecule has 0 spiro atoms. The van der Waals surface area contributed by atoms with Crippen LogP contribution in [0, 0.1) is 5.92 Å². The van der Waals surface area contributed by atoms with Gasteiger partial charge in [-0.05, 0) is 68.8 Å². The third-order valence-corrected chi connectivity index (χ3v) is 6.07. The van der Waals surface area contributed by atoms with Crippen molar-refractivity contribution in [2.75, 3.05) is 29.9 Å². The van der Waals surface area contributed by atoms with E-state index in [4.69, 9.17) is 4.74 Å². The summed E-state index contributed by atoms with van der Waals surface area (Å²) in [7, 11) is 0. The van der Waals surface area contributed by atoms with E-state index in [1.54, 1.807) is 24.3 Å². The van der Waals surface area contributed by atoms with E-state index in [2.05, 4.69) is 5.32 Å². The number of ether oxygens (including phenoxy) is 1. The van der Waals surface area contributed by atoms with Crippen LogP contribution in [0.5, 0.6) is 5.75 Å². The molecule has 0 saturated carbocycles. The molecule has 1 atom stereocenters. The van der Waals surface area contributed by atoms with Crippen LogP contribution >= 0.6 is 0 Å². The van der Waals surface area contributed by atoms with Crippen LogP contribution in [-0.4, -0.2) is 48.4 Å². The first-order valence-corrected chi connectivity index (χ1v) is 11.3. The number of nitrogens with one attached hydrogen (secondary N) is 1. The summed E-state index contributed by atoms with van der Waals surface area (Å²) >= 11 is 0. The number of amides is 3. The van der Waals surface area contributed by atoms with Gasteiger partial charge in [-0.15, -0.1) is 0 Å². The number of nitrogens with zero attached hydrogens (tertiary/aromatic N) is 2. The summed E-state index contributed by atoms with van der Waals surface area (Å²) in [6.07, 6.45) is 2.42. The summed E-state index contributed by atoms with van der Waals surface area (Å²) in [4.78, 5) is 41.6. The molecular formula is C25H29N3O4. The van der Waals surface area contributed by atoms with Crippen molar-refractivity contribution >= 4 is 29.1 Å². The molecule has 2 aromatic carbocycles. The van der Waals surface area contributed by atoms with Gasteiger partial charge < -0.3 is 10.1 Å². The van der Waals surface area contributed by atoms with E-state index in [9.17, 15) is 14.4 Å². The van der Waals surface area contributed by atoms with Crippen molar-refractivity contribution in [1.82, 2.24) is 4.90 Å². The maximum Gasteiger partial charge on any atom is 0.251 e. The van der Waals surface area contributed by atoms with E-state index < -0.39 is 6.04 Å². The lowest BCUT2D eigenvalue weighted by Gasteiger charge is -2.34. The molecule has 1 N–H and O–H groups in total. The number of para-hydroxylation sites is 1. The summed E-state index contributed by atoms with van der Waals surface area (Å²) in [5.74, 6) is 0.264. The molecule has 2 fully saturated rings. The number of imide groups is 1. The van der Waals surface area contributed by atoms with Gasteiger partial charge in [0.05, 0.1) is 24.8 Å². The topological polar surface area (TPSA) is 79.0 Å². The minimum absolute atomic E-state index is 0.0108. The first-order valence-electron chi connectivity index (χ1n) is 11.3. The molecular weight excluding hydrogens is 406 g/mol. The molecule has 2 heterocycles. The van der Waals surface area contributed by atoms with Gasteiger partial charge in [0.25, 0.3) is 5.91 Å². The third-order valence-electron chi connectivity index (χ3n) is 6.07. The van der Waals surface area contributed by atoms with E-state index in [0.717, 1.165) is 17.9 Å². The highest BCUT2D eigenvalue weighted by atomic mass is 16.5. The second-order valence-electron chi connectivity index (χ2n) is 8.30. The van der Waals surface area contributed by atoms with Crippen molar-refractivity contribution in [3.8, 4) is 5.75 Å². The molecule has 2 aliphatic heterocycles. The molecule has 7 heteroatoms. The lowest BCUT2D eigenvalue weighted by atomic mass is 9.94. The fraction of sp³-hybridized carbons (Fsp3) is 0.400. The van der Waals surface area contributed by atoms with E-state index in [1.807, 2.05) is 42.2 Å². The number of piperidine rings is 1. The van der Waals surface area contributed by atoms with Crippen LogP contribution in [-0.2, 0) is 14.4 Å². The molecule has 168 valence electrons. The maximum absolute atomic E-state index is 13.1. The Morgan fingerprint density at radius 1 is 1.03 bits per heavy atom. The standard InChI is InChI=1S/C25H29N3O4/c1-2-16-32-21-10-8-20(9-11-21)28-23(29)17-22(25(28)31)27-14-12-18(13-15-27)24(30)26-19-6-4-3-5-7-19/h3-11,18,22H,2,12-17H2,1H3,(H,26,30). The molecule has 3 amide bonds. The van der Waals surface area contributed by atoms with Crippen molar-refractivity contribution in [1.29, 1.82) is 0 Å². The lowest BCUT2D eigenvalue weighted by molar-refractivity contribution is -0.123. The summed E-state index contributed by atoms with van der Waals surface area (Å²) in [6.45, 7) is 3.90.